The summed E-state index contributed by atoms with van der Waals surface area (Å²) >= 11 is 0. The van der Waals surface area contributed by atoms with Crippen LogP contribution in [-0.4, -0.2) is 68.1 Å². The fourth-order valence-electron chi connectivity index (χ4n) is 2.52. The summed E-state index contributed by atoms with van der Waals surface area (Å²) in [5, 5.41) is 2.88. The van der Waals surface area contributed by atoms with Crippen molar-refractivity contribution in [1.82, 2.24) is 9.80 Å². The topological polar surface area (TPSA) is 61.9 Å². The second kappa shape index (κ2) is 8.64. The number of aryl methyl sites for hydroxylation is 1. The summed E-state index contributed by atoms with van der Waals surface area (Å²) in [5.74, 6) is -0.227. The minimum Gasteiger partial charge on any atom is -0.379 e. The zero-order valence-corrected chi connectivity index (χ0v) is 13.9. The fourth-order valence-corrected chi connectivity index (χ4v) is 2.52. The molecule has 1 aliphatic heterocycles. The number of ether oxygens (including phenoxy) is 1. The summed E-state index contributed by atoms with van der Waals surface area (Å²) in [5.41, 5.74) is 1.90. The first kappa shape index (κ1) is 17.4. The highest BCUT2D eigenvalue weighted by Gasteiger charge is 2.18. The quantitative estimate of drug-likeness (QED) is 0.849. The summed E-state index contributed by atoms with van der Waals surface area (Å²) < 4.78 is 5.26. The van der Waals surface area contributed by atoms with Gasteiger partial charge >= 0.3 is 0 Å². The zero-order chi connectivity index (χ0) is 16.7. The normalized spacial score (nSPS) is 15.2. The van der Waals surface area contributed by atoms with E-state index in [1.54, 1.807) is 7.05 Å². The number of nitrogens with zero attached hydrogens (tertiary/aromatic N) is 2. The van der Waals surface area contributed by atoms with Crippen molar-refractivity contribution >= 4 is 17.5 Å². The van der Waals surface area contributed by atoms with E-state index in [-0.39, 0.29) is 18.4 Å². The van der Waals surface area contributed by atoms with Crippen LogP contribution < -0.4 is 5.32 Å². The molecule has 1 saturated heterocycles. The van der Waals surface area contributed by atoms with E-state index in [1.807, 2.05) is 36.1 Å². The number of hydrogen-bond acceptors (Lipinski definition) is 4. The van der Waals surface area contributed by atoms with E-state index in [1.165, 1.54) is 4.90 Å². The molecule has 1 aromatic carbocycles. The lowest BCUT2D eigenvalue weighted by Gasteiger charge is -2.27. The lowest BCUT2D eigenvalue weighted by Crippen LogP contribution is -2.45. The van der Waals surface area contributed by atoms with Gasteiger partial charge in [0.1, 0.15) is 0 Å². The van der Waals surface area contributed by atoms with E-state index in [0.29, 0.717) is 19.8 Å². The van der Waals surface area contributed by atoms with Gasteiger partial charge in [0.2, 0.25) is 11.8 Å². The third-order valence-electron chi connectivity index (χ3n) is 3.94. The van der Waals surface area contributed by atoms with Crippen molar-refractivity contribution in [3.05, 3.63) is 29.8 Å². The molecule has 23 heavy (non-hydrogen) atoms. The Morgan fingerprint density at radius 1 is 1.26 bits per heavy atom. The molecule has 2 rings (SSSR count). The number of carbonyl (C=O) groups excluding carboxylic acids is 2. The van der Waals surface area contributed by atoms with Crippen molar-refractivity contribution in [2.24, 2.45) is 0 Å². The number of morpholine rings is 1. The standard InChI is InChI=1S/C17H25N3O3/c1-3-14-6-4-5-7-15(14)18-16(21)12-19(2)17(22)13-20-8-10-23-11-9-20/h4-7H,3,8-13H2,1-2H3,(H,18,21). The predicted octanol–water partition coefficient (Wildman–Crippen LogP) is 0.978. The molecule has 1 fully saturated rings. The van der Waals surface area contributed by atoms with E-state index >= 15 is 0 Å². The van der Waals surface area contributed by atoms with Crippen LogP contribution in [-0.2, 0) is 20.7 Å². The molecule has 126 valence electrons. The van der Waals surface area contributed by atoms with Crippen LogP contribution >= 0.6 is 0 Å². The third-order valence-corrected chi connectivity index (χ3v) is 3.94. The lowest BCUT2D eigenvalue weighted by atomic mass is 10.1. The second-order valence-electron chi connectivity index (χ2n) is 5.70. The van der Waals surface area contributed by atoms with Crippen LogP contribution in [0.15, 0.2) is 24.3 Å². The number of carbonyl (C=O) groups is 2. The molecular weight excluding hydrogens is 294 g/mol. The Bertz CT molecular complexity index is 542. The number of anilines is 1. The van der Waals surface area contributed by atoms with Crippen LogP contribution in [0, 0.1) is 0 Å². The van der Waals surface area contributed by atoms with Gasteiger partial charge in [0, 0.05) is 25.8 Å². The van der Waals surface area contributed by atoms with Crippen molar-refractivity contribution in [2.75, 3.05) is 51.8 Å². The van der Waals surface area contributed by atoms with Gasteiger partial charge in [0.15, 0.2) is 0 Å². The Labute approximate surface area is 137 Å². The predicted molar refractivity (Wildman–Crippen MR) is 89.3 cm³/mol. The van der Waals surface area contributed by atoms with Crippen molar-refractivity contribution in [3.8, 4) is 0 Å². The molecule has 0 saturated carbocycles. The summed E-state index contributed by atoms with van der Waals surface area (Å²) in [7, 11) is 1.66. The maximum Gasteiger partial charge on any atom is 0.243 e. The molecule has 1 aromatic rings. The van der Waals surface area contributed by atoms with Gasteiger partial charge in [-0.1, -0.05) is 25.1 Å². The number of benzene rings is 1. The van der Waals surface area contributed by atoms with E-state index in [0.717, 1.165) is 30.8 Å². The first-order chi connectivity index (χ1) is 11.1. The molecular formula is C17H25N3O3. The zero-order valence-electron chi connectivity index (χ0n) is 13.9. The summed E-state index contributed by atoms with van der Waals surface area (Å²) in [4.78, 5) is 27.9. The van der Waals surface area contributed by atoms with Crippen LogP contribution in [0.1, 0.15) is 12.5 Å². The van der Waals surface area contributed by atoms with Crippen LogP contribution in [0.3, 0.4) is 0 Å². The highest BCUT2D eigenvalue weighted by Crippen LogP contribution is 2.15. The highest BCUT2D eigenvalue weighted by molar-refractivity contribution is 5.95. The van der Waals surface area contributed by atoms with Crippen LogP contribution in [0.25, 0.3) is 0 Å². The van der Waals surface area contributed by atoms with Crippen LogP contribution in [0.4, 0.5) is 5.69 Å². The van der Waals surface area contributed by atoms with Crippen LogP contribution in [0.5, 0.6) is 0 Å². The highest BCUT2D eigenvalue weighted by atomic mass is 16.5. The van der Waals surface area contributed by atoms with E-state index in [9.17, 15) is 9.59 Å². The number of rotatable bonds is 6. The van der Waals surface area contributed by atoms with Crippen LogP contribution in [0.2, 0.25) is 0 Å². The van der Waals surface area contributed by atoms with E-state index in [2.05, 4.69) is 5.32 Å². The summed E-state index contributed by atoms with van der Waals surface area (Å²) in [6.45, 7) is 5.27. The molecule has 6 nitrogen and oxygen atoms in total. The maximum atomic E-state index is 12.2. The molecule has 0 aliphatic carbocycles. The first-order valence-corrected chi connectivity index (χ1v) is 8.02. The SMILES string of the molecule is CCc1ccccc1NC(=O)CN(C)C(=O)CN1CCOCC1. The van der Waals surface area contributed by atoms with Gasteiger partial charge in [-0.3, -0.25) is 14.5 Å². The van der Waals surface area contributed by atoms with Gasteiger partial charge in [-0.05, 0) is 18.1 Å². The molecule has 1 N–H and O–H groups in total. The minimum atomic E-state index is -0.177. The van der Waals surface area contributed by atoms with Gasteiger partial charge in [0.25, 0.3) is 0 Å². The lowest BCUT2D eigenvalue weighted by molar-refractivity contribution is -0.135. The Hall–Kier alpha value is -1.92. The Balaban J connectivity index is 1.82. The Morgan fingerprint density at radius 2 is 1.96 bits per heavy atom. The van der Waals surface area contributed by atoms with Gasteiger partial charge in [-0.25, -0.2) is 0 Å². The smallest absolute Gasteiger partial charge is 0.243 e. The summed E-state index contributed by atoms with van der Waals surface area (Å²) in [6, 6.07) is 7.71. The Morgan fingerprint density at radius 3 is 2.65 bits per heavy atom. The molecule has 1 aliphatic rings. The van der Waals surface area contributed by atoms with Crippen molar-refractivity contribution in [3.63, 3.8) is 0 Å². The number of amides is 2. The molecule has 1 heterocycles. The average Bonchev–Trinajstić information content (AvgIpc) is 2.56. The number of hydrogen-bond donors (Lipinski definition) is 1. The second-order valence-corrected chi connectivity index (χ2v) is 5.70. The van der Waals surface area contributed by atoms with Crippen molar-refractivity contribution < 1.29 is 14.3 Å². The fraction of sp³-hybridized carbons (Fsp3) is 0.529. The maximum absolute atomic E-state index is 12.2. The summed E-state index contributed by atoms with van der Waals surface area (Å²) in [6.07, 6.45) is 0.849. The number of nitrogens with one attached hydrogen (secondary N) is 1. The number of likely N-dealkylation sites (N-methyl/N-ethyl adjacent to an activating group) is 1. The largest absolute Gasteiger partial charge is 0.379 e. The molecule has 0 atom stereocenters. The molecule has 0 spiro atoms. The van der Waals surface area contributed by atoms with Gasteiger partial charge < -0.3 is 15.0 Å². The molecule has 0 unspecified atom stereocenters. The minimum absolute atomic E-state index is 0.0502. The van der Waals surface area contributed by atoms with Crippen molar-refractivity contribution in [2.45, 2.75) is 13.3 Å². The Kier molecular flexibility index (Phi) is 6.55. The molecule has 6 heteroatoms. The average molecular weight is 319 g/mol. The number of para-hydroxylation sites is 1. The first-order valence-electron chi connectivity index (χ1n) is 8.02. The molecule has 2 amide bonds. The van der Waals surface area contributed by atoms with Gasteiger partial charge in [-0.15, -0.1) is 0 Å². The van der Waals surface area contributed by atoms with Crippen molar-refractivity contribution in [1.29, 1.82) is 0 Å². The van der Waals surface area contributed by atoms with Gasteiger partial charge in [-0.2, -0.15) is 0 Å². The molecule has 0 bridgehead atoms. The van der Waals surface area contributed by atoms with E-state index < -0.39 is 0 Å². The molecule has 0 radical (unpaired) electrons. The monoisotopic (exact) mass is 319 g/mol. The molecule has 0 aromatic heterocycles. The van der Waals surface area contributed by atoms with Gasteiger partial charge in [0.05, 0.1) is 26.3 Å². The van der Waals surface area contributed by atoms with E-state index in [4.69, 9.17) is 4.74 Å². The third kappa shape index (κ3) is 5.33.